The number of pyridine rings is 1. The lowest BCUT2D eigenvalue weighted by atomic mass is 9.88. The van der Waals surface area contributed by atoms with Crippen LogP contribution in [0.5, 0.6) is 5.75 Å². The van der Waals surface area contributed by atoms with Crippen LogP contribution in [0.25, 0.3) is 22.0 Å². The van der Waals surface area contributed by atoms with Gasteiger partial charge in [-0.05, 0) is 61.7 Å². The maximum absolute atomic E-state index is 12.6. The van der Waals surface area contributed by atoms with E-state index in [9.17, 15) is 9.90 Å². The van der Waals surface area contributed by atoms with Crippen LogP contribution in [0.1, 0.15) is 28.5 Å². The number of nitrogens with one attached hydrogen (secondary N) is 1. The van der Waals surface area contributed by atoms with E-state index in [0.29, 0.717) is 16.3 Å². The Morgan fingerprint density at radius 2 is 1.92 bits per heavy atom. The van der Waals surface area contributed by atoms with Gasteiger partial charge in [0.2, 0.25) is 6.29 Å². The smallest absolute Gasteiger partial charge is 0.258 e. The molecule has 0 bridgehead atoms. The second kappa shape index (κ2) is 5.10. The molecule has 0 amide bonds. The Morgan fingerprint density at radius 1 is 1.17 bits per heavy atom. The van der Waals surface area contributed by atoms with Gasteiger partial charge in [0, 0.05) is 27.1 Å². The first kappa shape index (κ1) is 15.2. The zero-order chi connectivity index (χ0) is 17.2. The first-order chi connectivity index (χ1) is 11.4. The molecule has 1 aromatic heterocycles. The van der Waals surface area contributed by atoms with Crippen molar-refractivity contribution in [3.8, 4) is 16.9 Å². The highest BCUT2D eigenvalue weighted by atomic mass is 35.5. The minimum atomic E-state index is -1.30. The van der Waals surface area contributed by atoms with Crippen molar-refractivity contribution in [2.45, 2.75) is 27.1 Å². The number of rotatable bonds is 0. The summed E-state index contributed by atoms with van der Waals surface area (Å²) in [6.45, 7) is 6.09. The highest BCUT2D eigenvalue weighted by Gasteiger charge is 2.30. The van der Waals surface area contributed by atoms with Gasteiger partial charge in [-0.2, -0.15) is 0 Å². The van der Waals surface area contributed by atoms with Gasteiger partial charge in [-0.25, -0.2) is 0 Å². The standard InChI is InChI=1S/C19H16ClNO3/c1-8-6-13-15(10(3)9(8)2)16-12-7-11(20)4-5-14(12)24-19(23)17(16)18(22)21-13/h4-7,19,23H,1-3H3,(H,21,22). The summed E-state index contributed by atoms with van der Waals surface area (Å²) >= 11 is 6.16. The molecular weight excluding hydrogens is 326 g/mol. The fourth-order valence-electron chi connectivity index (χ4n) is 3.44. The van der Waals surface area contributed by atoms with Crippen molar-refractivity contribution in [1.29, 1.82) is 0 Å². The van der Waals surface area contributed by atoms with Crippen molar-refractivity contribution in [2.75, 3.05) is 0 Å². The minimum absolute atomic E-state index is 0.226. The predicted molar refractivity (Wildman–Crippen MR) is 94.8 cm³/mol. The van der Waals surface area contributed by atoms with Gasteiger partial charge < -0.3 is 14.8 Å². The normalized spacial score (nSPS) is 15.8. The molecule has 1 atom stereocenters. The molecule has 4 rings (SSSR count). The Morgan fingerprint density at radius 3 is 2.67 bits per heavy atom. The SMILES string of the molecule is Cc1cc2[nH]c(=O)c3c(c2c(C)c1C)-c1cc(Cl)ccc1OC3O. The van der Waals surface area contributed by atoms with Crippen LogP contribution in [0.3, 0.4) is 0 Å². The van der Waals surface area contributed by atoms with Crippen LogP contribution in [0.2, 0.25) is 5.02 Å². The quantitative estimate of drug-likeness (QED) is 0.645. The van der Waals surface area contributed by atoms with Crippen LogP contribution in [-0.2, 0) is 0 Å². The molecule has 0 saturated carbocycles. The third kappa shape index (κ3) is 2.00. The summed E-state index contributed by atoms with van der Waals surface area (Å²) in [4.78, 5) is 15.4. The molecule has 4 nitrogen and oxygen atoms in total. The number of aromatic nitrogens is 1. The van der Waals surface area contributed by atoms with E-state index in [2.05, 4.69) is 11.9 Å². The van der Waals surface area contributed by atoms with E-state index in [-0.39, 0.29) is 11.1 Å². The maximum atomic E-state index is 12.6. The van der Waals surface area contributed by atoms with Crippen molar-refractivity contribution in [3.63, 3.8) is 0 Å². The number of aliphatic hydroxyl groups excluding tert-OH is 1. The number of aromatic amines is 1. The van der Waals surface area contributed by atoms with Gasteiger partial charge in [-0.3, -0.25) is 4.79 Å². The van der Waals surface area contributed by atoms with E-state index in [1.54, 1.807) is 18.2 Å². The number of hydrogen-bond acceptors (Lipinski definition) is 3. The summed E-state index contributed by atoms with van der Waals surface area (Å²) in [5.41, 5.74) is 5.38. The molecule has 5 heteroatoms. The van der Waals surface area contributed by atoms with E-state index in [1.165, 1.54) is 0 Å². The molecule has 0 spiro atoms. The van der Waals surface area contributed by atoms with Crippen molar-refractivity contribution >= 4 is 22.5 Å². The molecule has 2 aromatic carbocycles. The topological polar surface area (TPSA) is 62.3 Å². The number of hydrogen-bond donors (Lipinski definition) is 2. The fraction of sp³-hybridized carbons (Fsp3) is 0.211. The molecule has 1 aliphatic rings. The van der Waals surface area contributed by atoms with Crippen LogP contribution in [0, 0.1) is 20.8 Å². The zero-order valence-corrected chi connectivity index (χ0v) is 14.3. The van der Waals surface area contributed by atoms with Gasteiger partial charge in [0.15, 0.2) is 0 Å². The Bertz CT molecular complexity index is 1070. The molecule has 0 fully saturated rings. The largest absolute Gasteiger partial charge is 0.460 e. The molecular formula is C19H16ClNO3. The molecule has 1 aliphatic heterocycles. The summed E-state index contributed by atoms with van der Waals surface area (Å²) in [7, 11) is 0. The molecule has 1 unspecified atom stereocenters. The van der Waals surface area contributed by atoms with Crippen LogP contribution in [0.15, 0.2) is 29.1 Å². The van der Waals surface area contributed by atoms with Crippen molar-refractivity contribution < 1.29 is 9.84 Å². The zero-order valence-electron chi connectivity index (χ0n) is 13.5. The first-order valence-corrected chi connectivity index (χ1v) is 8.07. The number of H-pyrrole nitrogens is 1. The molecule has 24 heavy (non-hydrogen) atoms. The second-order valence-corrected chi connectivity index (χ2v) is 6.66. The van der Waals surface area contributed by atoms with Gasteiger partial charge in [0.05, 0.1) is 5.56 Å². The molecule has 0 radical (unpaired) electrons. The van der Waals surface area contributed by atoms with Crippen LogP contribution < -0.4 is 10.3 Å². The summed E-state index contributed by atoms with van der Waals surface area (Å²) in [6, 6.07) is 7.16. The lowest BCUT2D eigenvalue weighted by molar-refractivity contribution is -0.0222. The number of aliphatic hydroxyl groups is 1. The average molecular weight is 342 g/mol. The molecule has 3 aromatic rings. The average Bonchev–Trinajstić information content (AvgIpc) is 2.52. The van der Waals surface area contributed by atoms with Gasteiger partial charge in [0.25, 0.3) is 5.56 Å². The second-order valence-electron chi connectivity index (χ2n) is 6.22. The lowest BCUT2D eigenvalue weighted by Crippen LogP contribution is -2.25. The van der Waals surface area contributed by atoms with Gasteiger partial charge in [0.1, 0.15) is 5.75 Å². The first-order valence-electron chi connectivity index (χ1n) is 7.70. The van der Waals surface area contributed by atoms with Crippen molar-refractivity contribution in [1.82, 2.24) is 4.98 Å². The number of ether oxygens (including phenoxy) is 1. The maximum Gasteiger partial charge on any atom is 0.258 e. The molecule has 2 heterocycles. The Balaban J connectivity index is 2.27. The van der Waals surface area contributed by atoms with E-state index < -0.39 is 6.29 Å². The highest BCUT2D eigenvalue weighted by molar-refractivity contribution is 6.31. The van der Waals surface area contributed by atoms with Crippen LogP contribution in [-0.4, -0.2) is 10.1 Å². The monoisotopic (exact) mass is 341 g/mol. The molecule has 0 aliphatic carbocycles. The summed E-state index contributed by atoms with van der Waals surface area (Å²) in [5.74, 6) is 0.518. The van der Waals surface area contributed by atoms with Crippen LogP contribution >= 0.6 is 11.6 Å². The van der Waals surface area contributed by atoms with Crippen LogP contribution in [0.4, 0.5) is 0 Å². The predicted octanol–water partition coefficient (Wildman–Crippen LogP) is 4.16. The van der Waals surface area contributed by atoms with E-state index >= 15 is 0 Å². The fourth-order valence-corrected chi connectivity index (χ4v) is 3.61. The summed E-state index contributed by atoms with van der Waals surface area (Å²) in [5, 5.41) is 11.8. The number of fused-ring (bicyclic) bond motifs is 5. The van der Waals surface area contributed by atoms with Crippen molar-refractivity contribution in [3.05, 3.63) is 61.9 Å². The molecule has 0 saturated heterocycles. The third-order valence-corrected chi connectivity index (χ3v) is 5.10. The Hall–Kier alpha value is -2.30. The number of halogens is 1. The molecule has 122 valence electrons. The lowest BCUT2D eigenvalue weighted by Gasteiger charge is -2.27. The third-order valence-electron chi connectivity index (χ3n) is 4.87. The van der Waals surface area contributed by atoms with Gasteiger partial charge >= 0.3 is 0 Å². The summed E-state index contributed by atoms with van der Waals surface area (Å²) in [6.07, 6.45) is -1.30. The highest BCUT2D eigenvalue weighted by Crippen LogP contribution is 2.45. The Kier molecular flexibility index (Phi) is 3.24. The van der Waals surface area contributed by atoms with Crippen molar-refractivity contribution in [2.24, 2.45) is 0 Å². The Labute approximate surface area is 143 Å². The summed E-state index contributed by atoms with van der Waals surface area (Å²) < 4.78 is 5.51. The van der Waals surface area contributed by atoms with Gasteiger partial charge in [-0.1, -0.05) is 11.6 Å². The van der Waals surface area contributed by atoms with E-state index in [0.717, 1.165) is 33.2 Å². The van der Waals surface area contributed by atoms with E-state index in [4.69, 9.17) is 16.3 Å². The molecule has 2 N–H and O–H groups in total. The number of aryl methyl sites for hydroxylation is 2. The van der Waals surface area contributed by atoms with Gasteiger partial charge in [-0.15, -0.1) is 0 Å². The minimum Gasteiger partial charge on any atom is -0.460 e. The van der Waals surface area contributed by atoms with E-state index in [1.807, 2.05) is 19.9 Å². The number of benzene rings is 2.